The summed E-state index contributed by atoms with van der Waals surface area (Å²) in [7, 11) is 1.69. The molecule has 82 valence electrons. The minimum atomic E-state index is -0.136. The van der Waals surface area contributed by atoms with E-state index in [1.54, 1.807) is 7.11 Å². The third kappa shape index (κ3) is 1.44. The summed E-state index contributed by atoms with van der Waals surface area (Å²) in [6, 6.07) is 6.15. The Balaban J connectivity index is 2.39. The van der Waals surface area contributed by atoms with Gasteiger partial charge in [0.05, 0.1) is 7.11 Å². The standard InChI is InChI=1S/C13H19NO/c1-9-7-10(15-4)5-6-11(9)13(14)8-12(13,2)3/h5-7H,8,14H2,1-4H3. The van der Waals surface area contributed by atoms with Crippen molar-refractivity contribution in [2.75, 3.05) is 7.11 Å². The molecule has 0 amide bonds. The summed E-state index contributed by atoms with van der Waals surface area (Å²) < 4.78 is 5.19. The van der Waals surface area contributed by atoms with Crippen LogP contribution in [0.4, 0.5) is 0 Å². The van der Waals surface area contributed by atoms with Gasteiger partial charge in [-0.05, 0) is 42.0 Å². The van der Waals surface area contributed by atoms with Crippen molar-refractivity contribution < 1.29 is 4.74 Å². The van der Waals surface area contributed by atoms with E-state index < -0.39 is 0 Å². The van der Waals surface area contributed by atoms with Crippen LogP contribution in [0.15, 0.2) is 18.2 Å². The van der Waals surface area contributed by atoms with Gasteiger partial charge in [-0.25, -0.2) is 0 Å². The van der Waals surface area contributed by atoms with Gasteiger partial charge in [0.15, 0.2) is 0 Å². The Morgan fingerprint density at radius 1 is 1.33 bits per heavy atom. The second-order valence-electron chi connectivity index (χ2n) is 5.21. The molecule has 1 aliphatic carbocycles. The Morgan fingerprint density at radius 3 is 2.33 bits per heavy atom. The fourth-order valence-electron chi connectivity index (χ4n) is 2.38. The molecule has 1 aromatic rings. The molecule has 0 radical (unpaired) electrons. The van der Waals surface area contributed by atoms with Crippen molar-refractivity contribution in [3.8, 4) is 5.75 Å². The molecular weight excluding hydrogens is 186 g/mol. The van der Waals surface area contributed by atoms with Gasteiger partial charge in [0, 0.05) is 5.54 Å². The molecule has 1 atom stereocenters. The molecule has 1 saturated carbocycles. The molecule has 15 heavy (non-hydrogen) atoms. The third-order valence-electron chi connectivity index (χ3n) is 3.72. The van der Waals surface area contributed by atoms with E-state index in [9.17, 15) is 0 Å². The Bertz CT molecular complexity index is 398. The summed E-state index contributed by atoms with van der Waals surface area (Å²) >= 11 is 0. The van der Waals surface area contributed by atoms with Gasteiger partial charge in [0.1, 0.15) is 5.75 Å². The molecule has 1 unspecified atom stereocenters. The molecule has 1 fully saturated rings. The highest BCUT2D eigenvalue weighted by Crippen LogP contribution is 2.60. The molecule has 2 nitrogen and oxygen atoms in total. The smallest absolute Gasteiger partial charge is 0.119 e. The zero-order valence-electron chi connectivity index (χ0n) is 9.92. The number of benzene rings is 1. The molecule has 2 N–H and O–H groups in total. The molecule has 2 rings (SSSR count). The number of aryl methyl sites for hydroxylation is 1. The molecular formula is C13H19NO. The van der Waals surface area contributed by atoms with Gasteiger partial charge >= 0.3 is 0 Å². The van der Waals surface area contributed by atoms with Crippen LogP contribution in [0.5, 0.6) is 5.75 Å². The molecule has 0 spiro atoms. The Kier molecular flexibility index (Phi) is 2.09. The van der Waals surface area contributed by atoms with E-state index in [-0.39, 0.29) is 11.0 Å². The Morgan fingerprint density at radius 2 is 1.93 bits per heavy atom. The average molecular weight is 205 g/mol. The lowest BCUT2D eigenvalue weighted by atomic mass is 9.93. The van der Waals surface area contributed by atoms with Gasteiger partial charge in [0.2, 0.25) is 0 Å². The van der Waals surface area contributed by atoms with Crippen molar-refractivity contribution in [3.63, 3.8) is 0 Å². The molecule has 0 aromatic heterocycles. The number of hydrogen-bond acceptors (Lipinski definition) is 2. The molecule has 0 bridgehead atoms. The zero-order chi connectivity index (χ0) is 11.3. The zero-order valence-corrected chi connectivity index (χ0v) is 9.92. The Hall–Kier alpha value is -1.02. The fraction of sp³-hybridized carbons (Fsp3) is 0.538. The second kappa shape index (κ2) is 2.99. The monoisotopic (exact) mass is 205 g/mol. The van der Waals surface area contributed by atoms with Crippen LogP contribution in [0, 0.1) is 12.3 Å². The topological polar surface area (TPSA) is 35.2 Å². The minimum absolute atomic E-state index is 0.136. The first-order chi connectivity index (χ1) is 6.90. The quantitative estimate of drug-likeness (QED) is 0.805. The molecule has 1 aromatic carbocycles. The maximum absolute atomic E-state index is 6.40. The molecule has 0 aliphatic heterocycles. The van der Waals surface area contributed by atoms with Crippen molar-refractivity contribution in [3.05, 3.63) is 29.3 Å². The van der Waals surface area contributed by atoms with Crippen LogP contribution in [0.25, 0.3) is 0 Å². The van der Waals surface area contributed by atoms with Gasteiger partial charge in [-0.3, -0.25) is 0 Å². The van der Waals surface area contributed by atoms with E-state index in [0.717, 1.165) is 12.2 Å². The molecule has 2 heteroatoms. The van der Waals surface area contributed by atoms with Gasteiger partial charge < -0.3 is 10.5 Å². The van der Waals surface area contributed by atoms with Crippen LogP contribution in [-0.2, 0) is 5.54 Å². The van der Waals surface area contributed by atoms with Crippen LogP contribution < -0.4 is 10.5 Å². The largest absolute Gasteiger partial charge is 0.497 e. The lowest BCUT2D eigenvalue weighted by Gasteiger charge is -2.18. The van der Waals surface area contributed by atoms with Crippen LogP contribution >= 0.6 is 0 Å². The number of ether oxygens (including phenoxy) is 1. The van der Waals surface area contributed by atoms with Gasteiger partial charge in [0.25, 0.3) is 0 Å². The highest BCUT2D eigenvalue weighted by Gasteiger charge is 2.59. The van der Waals surface area contributed by atoms with Crippen molar-refractivity contribution >= 4 is 0 Å². The molecule has 1 aliphatic rings. The van der Waals surface area contributed by atoms with E-state index >= 15 is 0 Å². The summed E-state index contributed by atoms with van der Waals surface area (Å²) in [6.07, 6.45) is 1.06. The van der Waals surface area contributed by atoms with Gasteiger partial charge in [-0.1, -0.05) is 19.9 Å². The van der Waals surface area contributed by atoms with Gasteiger partial charge in [-0.2, -0.15) is 0 Å². The lowest BCUT2D eigenvalue weighted by Crippen LogP contribution is -2.26. The third-order valence-corrected chi connectivity index (χ3v) is 3.72. The lowest BCUT2D eigenvalue weighted by molar-refractivity contribution is 0.413. The number of nitrogens with two attached hydrogens (primary N) is 1. The van der Waals surface area contributed by atoms with E-state index in [2.05, 4.69) is 32.9 Å². The first-order valence-electron chi connectivity index (χ1n) is 5.35. The van der Waals surface area contributed by atoms with Crippen molar-refractivity contribution in [2.24, 2.45) is 11.1 Å². The van der Waals surface area contributed by atoms with Crippen LogP contribution in [-0.4, -0.2) is 7.11 Å². The normalized spacial score (nSPS) is 27.5. The van der Waals surface area contributed by atoms with Crippen molar-refractivity contribution in [2.45, 2.75) is 32.7 Å². The predicted octanol–water partition coefficient (Wildman–Crippen LogP) is 2.59. The van der Waals surface area contributed by atoms with E-state index in [1.807, 2.05) is 6.07 Å². The first kappa shape index (κ1) is 10.5. The first-order valence-corrected chi connectivity index (χ1v) is 5.35. The van der Waals surface area contributed by atoms with Crippen LogP contribution in [0.1, 0.15) is 31.4 Å². The van der Waals surface area contributed by atoms with Crippen molar-refractivity contribution in [1.29, 1.82) is 0 Å². The molecule has 0 saturated heterocycles. The van der Waals surface area contributed by atoms with Crippen molar-refractivity contribution in [1.82, 2.24) is 0 Å². The summed E-state index contributed by atoms with van der Waals surface area (Å²) in [4.78, 5) is 0. The highest BCUT2D eigenvalue weighted by molar-refractivity contribution is 5.44. The number of rotatable bonds is 2. The van der Waals surface area contributed by atoms with E-state index in [4.69, 9.17) is 10.5 Å². The molecule has 0 heterocycles. The predicted molar refractivity (Wildman–Crippen MR) is 62.0 cm³/mol. The summed E-state index contributed by atoms with van der Waals surface area (Å²) in [5, 5.41) is 0. The Labute approximate surface area is 91.4 Å². The SMILES string of the molecule is COc1ccc(C2(N)CC2(C)C)c(C)c1. The fourth-order valence-corrected chi connectivity index (χ4v) is 2.38. The highest BCUT2D eigenvalue weighted by atomic mass is 16.5. The number of methoxy groups -OCH3 is 1. The second-order valence-corrected chi connectivity index (χ2v) is 5.21. The number of hydrogen-bond donors (Lipinski definition) is 1. The van der Waals surface area contributed by atoms with Crippen LogP contribution in [0.2, 0.25) is 0 Å². The van der Waals surface area contributed by atoms with Crippen LogP contribution in [0.3, 0.4) is 0 Å². The van der Waals surface area contributed by atoms with E-state index in [1.165, 1.54) is 11.1 Å². The average Bonchev–Trinajstić information content (AvgIpc) is 2.66. The maximum Gasteiger partial charge on any atom is 0.119 e. The summed E-state index contributed by atoms with van der Waals surface area (Å²) in [5.74, 6) is 0.901. The minimum Gasteiger partial charge on any atom is -0.497 e. The van der Waals surface area contributed by atoms with E-state index in [0.29, 0.717) is 0 Å². The maximum atomic E-state index is 6.40. The summed E-state index contributed by atoms with van der Waals surface area (Å²) in [6.45, 7) is 6.54. The van der Waals surface area contributed by atoms with Gasteiger partial charge in [-0.15, -0.1) is 0 Å². The summed E-state index contributed by atoms with van der Waals surface area (Å²) in [5.41, 5.74) is 8.97.